The minimum atomic E-state index is -0.747. The number of carbonyl (C=O) groups excluding carboxylic acids is 3. The van der Waals surface area contributed by atoms with Gasteiger partial charge in [-0.25, -0.2) is 4.79 Å². The lowest BCUT2D eigenvalue weighted by molar-refractivity contribution is -1.36. The van der Waals surface area contributed by atoms with Crippen molar-refractivity contribution < 1.29 is 42.2 Å². The summed E-state index contributed by atoms with van der Waals surface area (Å²) < 4.78 is 3.01. The van der Waals surface area contributed by atoms with Gasteiger partial charge in [-0.05, 0) is 12.7 Å². The van der Waals surface area contributed by atoms with Gasteiger partial charge in [-0.2, -0.15) is 25.2 Å². The number of likely N-dealkylation sites (tertiary alicyclic amines) is 1. The van der Waals surface area contributed by atoms with Crippen molar-refractivity contribution in [2.45, 2.75) is 30.4 Å². The Kier molecular flexibility index (Phi) is 5.50. The zero-order valence-electron chi connectivity index (χ0n) is 20.7. The van der Waals surface area contributed by atoms with Crippen LogP contribution >= 0.6 is 11.8 Å². The molecule has 0 radical (unpaired) electrons. The van der Waals surface area contributed by atoms with Gasteiger partial charge in [0.2, 0.25) is 11.8 Å². The summed E-state index contributed by atoms with van der Waals surface area (Å²) in [6.07, 6.45) is 2.95. The van der Waals surface area contributed by atoms with Crippen LogP contribution in [0.5, 0.6) is 0 Å². The quantitative estimate of drug-likeness (QED) is 0.328. The number of amides is 2. The predicted octanol–water partition coefficient (Wildman–Crippen LogP) is -0.897. The van der Waals surface area contributed by atoms with Gasteiger partial charge in [0.1, 0.15) is 52.4 Å². The molecule has 0 aromatic heterocycles. The zero-order valence-corrected chi connectivity index (χ0v) is 21.5. The van der Waals surface area contributed by atoms with Gasteiger partial charge >= 0.3 is 11.9 Å². The normalized spacial score (nSPS) is 44.7. The maximum absolute atomic E-state index is 13.4. The maximum Gasteiger partial charge on any atom is 0.481 e. The highest BCUT2D eigenvalue weighted by Crippen LogP contribution is 2.61. The van der Waals surface area contributed by atoms with E-state index < -0.39 is 5.97 Å². The lowest BCUT2D eigenvalue weighted by Gasteiger charge is -2.48. The van der Waals surface area contributed by atoms with E-state index in [-0.39, 0.29) is 41.7 Å². The lowest BCUT2D eigenvalue weighted by atomic mass is 10.1. The summed E-state index contributed by atoms with van der Waals surface area (Å²) in [4.78, 5) is 51.4. The molecule has 5 heterocycles. The Morgan fingerprint density at radius 1 is 0.971 bits per heavy atom. The highest BCUT2D eigenvalue weighted by molar-refractivity contribution is 8.00. The van der Waals surface area contributed by atoms with Crippen molar-refractivity contribution in [2.75, 3.05) is 92.3 Å². The molecule has 5 fully saturated rings. The van der Waals surface area contributed by atoms with Crippen LogP contribution in [0.1, 0.15) is 19.3 Å². The molecule has 188 valence electrons. The number of hydrogen-bond donors (Lipinski definition) is 1. The van der Waals surface area contributed by atoms with E-state index in [0.717, 1.165) is 61.3 Å². The first-order valence-corrected chi connectivity index (χ1v) is 13.8. The van der Waals surface area contributed by atoms with Crippen LogP contribution in [0.25, 0.3) is 0 Å². The number of aliphatic carboxylic acids is 1. The van der Waals surface area contributed by atoms with Crippen LogP contribution in [0.4, 0.5) is 0 Å². The molecule has 5 rings (SSSR count). The number of carboxylic acids is 1. The van der Waals surface area contributed by atoms with E-state index >= 15 is 0 Å². The predicted molar refractivity (Wildman–Crippen MR) is 125 cm³/mol. The molecule has 6 atom stereocenters. The van der Waals surface area contributed by atoms with Crippen LogP contribution < -0.4 is 0 Å². The van der Waals surface area contributed by atoms with Crippen LogP contribution in [0.3, 0.4) is 0 Å². The second-order valence-electron chi connectivity index (χ2n) is 11.6. The first-order chi connectivity index (χ1) is 16.0. The van der Waals surface area contributed by atoms with Crippen molar-refractivity contribution in [3.8, 4) is 0 Å². The number of quaternary nitrogens is 4. The van der Waals surface area contributed by atoms with Gasteiger partial charge in [0, 0.05) is 19.4 Å². The van der Waals surface area contributed by atoms with Crippen LogP contribution in [0.2, 0.25) is 0 Å². The molecule has 0 saturated carbocycles. The zero-order chi connectivity index (χ0) is 24.6. The highest BCUT2D eigenvalue weighted by atomic mass is 32.2. The van der Waals surface area contributed by atoms with Gasteiger partial charge in [0.15, 0.2) is 18.9 Å². The first kappa shape index (κ1) is 24.2. The average molecular weight is 498 g/mol. The molecule has 5 aliphatic rings. The van der Waals surface area contributed by atoms with Crippen molar-refractivity contribution in [2.24, 2.45) is 0 Å². The van der Waals surface area contributed by atoms with E-state index in [0.29, 0.717) is 34.9 Å². The number of hydrogen-bond acceptors (Lipinski definition) is 5. The third kappa shape index (κ3) is 2.84. The fourth-order valence-corrected chi connectivity index (χ4v) is 9.73. The monoisotopic (exact) mass is 497 g/mol. The standard InChI is InChI=1S/C23H38N5O5S/c1-25-7-8-26(2)10-12-28(17-21(31)32)14-13-27(11-9-25,23(25,26)28)16-18(29)5-4-6-24-20(30)15-19(34-3)22(24)33/h19H,4-17H2,1-3H3/q+3/p+1/t19?,23?,25?,26-,27+,28-/m1/s1. The third-order valence-corrected chi connectivity index (χ3v) is 11.0. The van der Waals surface area contributed by atoms with Crippen molar-refractivity contribution >= 4 is 35.3 Å². The molecular formula is C23H39N5O5S+4. The van der Waals surface area contributed by atoms with Gasteiger partial charge in [-0.15, -0.1) is 4.48 Å². The summed E-state index contributed by atoms with van der Waals surface area (Å²) in [7, 11) is 4.60. The van der Waals surface area contributed by atoms with Crippen molar-refractivity contribution in [1.82, 2.24) is 4.90 Å². The van der Waals surface area contributed by atoms with Gasteiger partial charge in [-0.3, -0.25) is 19.3 Å². The Morgan fingerprint density at radius 3 is 2.03 bits per heavy atom. The molecule has 0 bridgehead atoms. The van der Waals surface area contributed by atoms with E-state index in [4.69, 9.17) is 0 Å². The van der Waals surface area contributed by atoms with Gasteiger partial charge < -0.3 is 5.11 Å². The van der Waals surface area contributed by atoms with E-state index in [1.54, 1.807) is 0 Å². The lowest BCUT2D eigenvalue weighted by Crippen LogP contribution is -2.83. The summed E-state index contributed by atoms with van der Waals surface area (Å²) in [6.45, 7) is 8.30. The number of imide groups is 1. The molecule has 2 amide bonds. The number of carbonyl (C=O) groups is 4. The summed E-state index contributed by atoms with van der Waals surface area (Å²) >= 11 is 1.41. The van der Waals surface area contributed by atoms with Crippen LogP contribution in [-0.2, 0) is 19.2 Å². The molecule has 0 aromatic rings. The molecule has 0 aliphatic carbocycles. The van der Waals surface area contributed by atoms with Crippen LogP contribution in [0.15, 0.2) is 0 Å². The Morgan fingerprint density at radius 2 is 1.50 bits per heavy atom. The Labute approximate surface area is 205 Å². The summed E-state index contributed by atoms with van der Waals surface area (Å²) in [5.74, 6) is -1.16. The number of nitrogens with zero attached hydrogens (tertiary/aromatic N) is 5. The Bertz CT molecular complexity index is 952. The van der Waals surface area contributed by atoms with E-state index in [9.17, 15) is 24.3 Å². The van der Waals surface area contributed by atoms with Crippen molar-refractivity contribution in [3.63, 3.8) is 0 Å². The fourth-order valence-electron chi connectivity index (χ4n) is 9.09. The topological polar surface area (TPSA) is 91.8 Å². The number of likely N-dealkylation sites (N-methyl/N-ethyl adjacent to an activating group) is 2. The summed E-state index contributed by atoms with van der Waals surface area (Å²) in [5, 5.41) is 9.61. The number of thioether (sulfide) groups is 1. The third-order valence-electron chi connectivity index (χ3n) is 10.0. The van der Waals surface area contributed by atoms with Crippen LogP contribution in [-0.4, -0.2) is 155 Å². The minimum Gasteiger partial charge on any atom is -0.477 e. The number of ketones is 1. The molecule has 34 heavy (non-hydrogen) atoms. The number of Topliss-reactive ketones (excluding diaryl/α,β-unsaturated/α-hetero) is 1. The van der Waals surface area contributed by atoms with E-state index in [1.807, 2.05) is 6.26 Å². The smallest absolute Gasteiger partial charge is 0.477 e. The fraction of sp³-hybridized carbons (Fsp3) is 0.826. The molecule has 10 nitrogen and oxygen atoms in total. The Balaban J connectivity index is 1.35. The molecule has 1 N–H and O–H groups in total. The molecule has 11 heteroatoms. The average Bonchev–Trinajstić information content (AvgIpc) is 3.45. The molecule has 5 aliphatic heterocycles. The van der Waals surface area contributed by atoms with Crippen molar-refractivity contribution in [1.29, 1.82) is 0 Å². The Hall–Kier alpha value is -1.53. The van der Waals surface area contributed by atoms with Crippen molar-refractivity contribution in [3.05, 3.63) is 0 Å². The summed E-state index contributed by atoms with van der Waals surface area (Å²) in [5.41, 5.74) is 0. The molecule has 3 unspecified atom stereocenters. The molecule has 5 saturated heterocycles. The largest absolute Gasteiger partial charge is 0.481 e. The maximum atomic E-state index is 13.4. The van der Waals surface area contributed by atoms with E-state index in [2.05, 4.69) is 14.1 Å². The second-order valence-corrected chi connectivity index (χ2v) is 12.7. The molecular weight excluding hydrogens is 458 g/mol. The van der Waals surface area contributed by atoms with Gasteiger partial charge in [0.25, 0.3) is 0 Å². The SMILES string of the molecule is CSC1CC(=O)N(CCCC(=O)C[N@+]23CC[N+]4(C)CC[N@+]5(C)CC[N@+](CC(=O)O)(CC2)C453)C1=O. The number of rotatable bonds is 9. The van der Waals surface area contributed by atoms with Gasteiger partial charge in [-0.1, -0.05) is 0 Å². The molecule has 0 aromatic carbocycles. The second kappa shape index (κ2) is 7.73. The van der Waals surface area contributed by atoms with Gasteiger partial charge in [0.05, 0.1) is 19.3 Å². The molecule has 1 spiro atoms. The first-order valence-electron chi connectivity index (χ1n) is 12.5. The summed E-state index contributed by atoms with van der Waals surface area (Å²) in [6, 6.07) is 0. The minimum absolute atomic E-state index is 0.126. The number of carboxylic acid groups (broad SMARTS) is 1. The van der Waals surface area contributed by atoms with Crippen LogP contribution in [0, 0.1) is 0 Å². The highest BCUT2D eigenvalue weighted by Gasteiger charge is 2.97. The van der Waals surface area contributed by atoms with E-state index in [1.165, 1.54) is 16.7 Å².